The minimum absolute atomic E-state index is 0.130. The number of rotatable bonds is 3. The molecule has 0 aliphatic carbocycles. The molecule has 5 heteroatoms. The molecule has 2 heterocycles. The molecule has 0 saturated carbocycles. The van der Waals surface area contributed by atoms with Gasteiger partial charge in [0, 0.05) is 11.1 Å². The summed E-state index contributed by atoms with van der Waals surface area (Å²) in [5.74, 6) is 0. The maximum atomic E-state index is 9.75. The summed E-state index contributed by atoms with van der Waals surface area (Å²) < 4.78 is 23.8. The van der Waals surface area contributed by atoms with Crippen LogP contribution < -0.4 is 0 Å². The van der Waals surface area contributed by atoms with Gasteiger partial charge in [0.05, 0.1) is 13.2 Å². The van der Waals surface area contributed by atoms with Crippen LogP contribution in [0.4, 0.5) is 0 Å². The van der Waals surface area contributed by atoms with Crippen LogP contribution in [0.1, 0.15) is 23.7 Å². The van der Waals surface area contributed by atoms with Gasteiger partial charge in [-0.15, -0.1) is 0 Å². The Labute approximate surface area is 140 Å². The molecule has 1 N–H and O–H groups in total. The number of hydrogen-bond acceptors (Lipinski definition) is 5. The normalized spacial score (nSPS) is 33.0. The zero-order chi connectivity index (χ0) is 16.4. The molecule has 0 amide bonds. The van der Waals surface area contributed by atoms with E-state index in [4.69, 9.17) is 18.9 Å². The molecule has 2 aliphatic rings. The lowest BCUT2D eigenvalue weighted by Gasteiger charge is -2.45. The molecule has 2 aliphatic heterocycles. The first-order valence-corrected chi connectivity index (χ1v) is 8.14. The van der Waals surface area contributed by atoms with Crippen LogP contribution in [0.2, 0.25) is 0 Å². The molecule has 0 aromatic heterocycles. The Balaban J connectivity index is 1.51. The van der Waals surface area contributed by atoms with E-state index in [1.165, 1.54) is 0 Å². The SMILES string of the molecule is OC[C@H]1OC(c2ccccc2)O[C@H]2COC(c3ccccc3)O[C@@H]21. The first-order chi connectivity index (χ1) is 11.8. The summed E-state index contributed by atoms with van der Waals surface area (Å²) >= 11 is 0. The van der Waals surface area contributed by atoms with Gasteiger partial charge in [-0.25, -0.2) is 0 Å². The summed E-state index contributed by atoms with van der Waals surface area (Å²) in [6, 6.07) is 19.4. The van der Waals surface area contributed by atoms with Gasteiger partial charge in [0.2, 0.25) is 0 Å². The minimum atomic E-state index is -0.523. The summed E-state index contributed by atoms with van der Waals surface area (Å²) in [7, 11) is 0. The molecule has 2 unspecified atom stereocenters. The van der Waals surface area contributed by atoms with E-state index in [1.807, 2.05) is 60.7 Å². The predicted octanol–water partition coefficient (Wildman–Crippen LogP) is 2.58. The molecule has 0 spiro atoms. The lowest BCUT2D eigenvalue weighted by atomic mass is 10.0. The van der Waals surface area contributed by atoms with Crippen molar-refractivity contribution in [1.82, 2.24) is 0 Å². The maximum Gasteiger partial charge on any atom is 0.184 e. The fourth-order valence-electron chi connectivity index (χ4n) is 3.12. The number of aliphatic hydroxyl groups is 1. The fourth-order valence-corrected chi connectivity index (χ4v) is 3.12. The summed E-state index contributed by atoms with van der Waals surface area (Å²) in [6.45, 7) is 0.267. The standard InChI is InChI=1S/C19H20O5/c20-11-15-17-16(23-19(22-15)14-9-5-2-6-10-14)12-21-18(24-17)13-7-3-1-4-8-13/h1-10,15-20H,11-12H2/t15-,16+,17-,18?,19?/m1/s1. The molecule has 126 valence electrons. The Morgan fingerprint density at radius 3 is 2.04 bits per heavy atom. The highest BCUT2D eigenvalue weighted by Crippen LogP contribution is 2.37. The molecule has 24 heavy (non-hydrogen) atoms. The van der Waals surface area contributed by atoms with E-state index in [9.17, 15) is 5.11 Å². The fraction of sp³-hybridized carbons (Fsp3) is 0.368. The quantitative estimate of drug-likeness (QED) is 0.938. The predicted molar refractivity (Wildman–Crippen MR) is 86.0 cm³/mol. The first kappa shape index (κ1) is 15.7. The van der Waals surface area contributed by atoms with Gasteiger partial charge in [-0.3, -0.25) is 0 Å². The third-order valence-electron chi connectivity index (χ3n) is 4.35. The van der Waals surface area contributed by atoms with Crippen LogP contribution in [0.3, 0.4) is 0 Å². The Morgan fingerprint density at radius 1 is 0.792 bits per heavy atom. The van der Waals surface area contributed by atoms with Crippen LogP contribution in [0.15, 0.2) is 60.7 Å². The third-order valence-corrected chi connectivity index (χ3v) is 4.35. The van der Waals surface area contributed by atoms with Gasteiger partial charge in [-0.2, -0.15) is 0 Å². The maximum absolute atomic E-state index is 9.75. The number of hydrogen-bond donors (Lipinski definition) is 1. The number of ether oxygens (including phenoxy) is 4. The van der Waals surface area contributed by atoms with Gasteiger partial charge < -0.3 is 24.1 Å². The molecule has 2 saturated heterocycles. The zero-order valence-electron chi connectivity index (χ0n) is 13.2. The lowest BCUT2D eigenvalue weighted by molar-refractivity contribution is -0.366. The largest absolute Gasteiger partial charge is 0.394 e. The topological polar surface area (TPSA) is 57.2 Å². The second kappa shape index (κ2) is 7.01. The summed E-state index contributed by atoms with van der Waals surface area (Å²) in [5, 5.41) is 9.75. The van der Waals surface area contributed by atoms with Crippen molar-refractivity contribution < 1.29 is 24.1 Å². The first-order valence-electron chi connectivity index (χ1n) is 8.14. The van der Waals surface area contributed by atoms with Gasteiger partial charge in [0.15, 0.2) is 12.6 Å². The minimum Gasteiger partial charge on any atom is -0.394 e. The van der Waals surface area contributed by atoms with Crippen LogP contribution >= 0.6 is 0 Å². The highest BCUT2D eigenvalue weighted by atomic mass is 16.8. The van der Waals surface area contributed by atoms with E-state index in [1.54, 1.807) is 0 Å². The number of aliphatic hydroxyl groups excluding tert-OH is 1. The second-order valence-corrected chi connectivity index (χ2v) is 5.95. The average Bonchev–Trinajstić information content (AvgIpc) is 2.68. The summed E-state index contributed by atoms with van der Waals surface area (Å²) in [6.07, 6.45) is -2.09. The van der Waals surface area contributed by atoms with Gasteiger partial charge in [-0.05, 0) is 0 Å². The third kappa shape index (κ3) is 3.09. The van der Waals surface area contributed by atoms with Crippen molar-refractivity contribution >= 4 is 0 Å². The highest BCUT2D eigenvalue weighted by Gasteiger charge is 2.45. The van der Waals surface area contributed by atoms with Crippen LogP contribution in [0.5, 0.6) is 0 Å². The molecule has 2 fully saturated rings. The molecule has 4 rings (SSSR count). The molecule has 2 aromatic rings. The smallest absolute Gasteiger partial charge is 0.184 e. The average molecular weight is 328 g/mol. The Hall–Kier alpha value is -1.76. The van der Waals surface area contributed by atoms with Crippen LogP contribution in [0, 0.1) is 0 Å². The monoisotopic (exact) mass is 328 g/mol. The van der Waals surface area contributed by atoms with Gasteiger partial charge in [0.25, 0.3) is 0 Å². The number of benzene rings is 2. The van der Waals surface area contributed by atoms with E-state index >= 15 is 0 Å². The van der Waals surface area contributed by atoms with Crippen molar-refractivity contribution in [3.05, 3.63) is 71.8 Å². The van der Waals surface area contributed by atoms with Gasteiger partial charge in [0.1, 0.15) is 18.3 Å². The van der Waals surface area contributed by atoms with E-state index in [0.29, 0.717) is 6.61 Å². The van der Waals surface area contributed by atoms with Crippen molar-refractivity contribution in [2.45, 2.75) is 30.9 Å². The van der Waals surface area contributed by atoms with E-state index in [0.717, 1.165) is 11.1 Å². The molecule has 0 radical (unpaired) electrons. The van der Waals surface area contributed by atoms with Crippen LogP contribution in [0.25, 0.3) is 0 Å². The lowest BCUT2D eigenvalue weighted by Crippen LogP contribution is -2.55. The Kier molecular flexibility index (Phi) is 4.60. The molecule has 5 atom stereocenters. The van der Waals surface area contributed by atoms with Crippen molar-refractivity contribution in [1.29, 1.82) is 0 Å². The van der Waals surface area contributed by atoms with E-state index in [2.05, 4.69) is 0 Å². The van der Waals surface area contributed by atoms with Crippen molar-refractivity contribution in [3.8, 4) is 0 Å². The number of fused-ring (bicyclic) bond motifs is 1. The van der Waals surface area contributed by atoms with Crippen LogP contribution in [-0.2, 0) is 18.9 Å². The summed E-state index contributed by atoms with van der Waals surface area (Å²) in [5.41, 5.74) is 1.86. The molecular formula is C19H20O5. The Morgan fingerprint density at radius 2 is 1.42 bits per heavy atom. The zero-order valence-corrected chi connectivity index (χ0v) is 13.2. The molecular weight excluding hydrogens is 308 g/mol. The van der Waals surface area contributed by atoms with Crippen molar-refractivity contribution in [2.75, 3.05) is 13.2 Å². The van der Waals surface area contributed by atoms with Crippen molar-refractivity contribution in [3.63, 3.8) is 0 Å². The molecule has 5 nitrogen and oxygen atoms in total. The van der Waals surface area contributed by atoms with Crippen molar-refractivity contribution in [2.24, 2.45) is 0 Å². The van der Waals surface area contributed by atoms with Crippen LogP contribution in [-0.4, -0.2) is 36.6 Å². The van der Waals surface area contributed by atoms with Gasteiger partial charge in [-0.1, -0.05) is 60.7 Å². The molecule has 2 aromatic carbocycles. The Bertz CT molecular complexity index is 639. The molecule has 0 bridgehead atoms. The summed E-state index contributed by atoms with van der Waals surface area (Å²) in [4.78, 5) is 0. The van der Waals surface area contributed by atoms with Gasteiger partial charge >= 0.3 is 0 Å². The second-order valence-electron chi connectivity index (χ2n) is 5.95. The van der Waals surface area contributed by atoms with E-state index in [-0.39, 0.29) is 18.8 Å². The highest BCUT2D eigenvalue weighted by molar-refractivity contribution is 5.18. The van der Waals surface area contributed by atoms with E-state index < -0.39 is 18.7 Å².